The molecule has 0 aliphatic carbocycles. The van der Waals surface area contributed by atoms with Crippen molar-refractivity contribution >= 4 is 39.3 Å². The fraction of sp³-hybridized carbons (Fsp3) is 0.636. The van der Waals surface area contributed by atoms with E-state index in [0.717, 1.165) is 73.8 Å². The molecule has 2 aromatic rings. The molecule has 4 rings (SSSR count). The van der Waals surface area contributed by atoms with Gasteiger partial charge < -0.3 is 15.5 Å². The molecule has 0 bridgehead atoms. The molecule has 10 heteroatoms. The van der Waals surface area contributed by atoms with Crippen molar-refractivity contribution in [1.82, 2.24) is 29.5 Å². The molecule has 2 aliphatic rings. The molecular formula is C22H33BrN8O. The zero-order valence-corrected chi connectivity index (χ0v) is 20.7. The molecule has 0 unspecified atom stereocenters. The van der Waals surface area contributed by atoms with Crippen molar-refractivity contribution in [2.45, 2.75) is 46.1 Å². The molecule has 2 N–H and O–H groups in total. The molecule has 0 spiro atoms. The van der Waals surface area contributed by atoms with Crippen molar-refractivity contribution in [3.05, 3.63) is 22.6 Å². The Labute approximate surface area is 198 Å². The lowest BCUT2D eigenvalue weighted by Gasteiger charge is -2.40. The first-order chi connectivity index (χ1) is 15.4. The second-order valence-corrected chi connectivity index (χ2v) is 10.0. The summed E-state index contributed by atoms with van der Waals surface area (Å²) in [6.07, 6.45) is 6.35. The van der Waals surface area contributed by atoms with Crippen LogP contribution in [-0.4, -0.2) is 74.7 Å². The van der Waals surface area contributed by atoms with E-state index in [1.807, 2.05) is 11.8 Å². The lowest BCUT2D eigenvalue weighted by molar-refractivity contribution is -0.127. The average Bonchev–Trinajstić information content (AvgIpc) is 3.29. The summed E-state index contributed by atoms with van der Waals surface area (Å²) in [5.41, 5.74) is 1.86. The maximum atomic E-state index is 11.7. The minimum absolute atomic E-state index is 0.269. The zero-order chi connectivity index (χ0) is 22.7. The van der Waals surface area contributed by atoms with E-state index >= 15 is 0 Å². The van der Waals surface area contributed by atoms with E-state index in [-0.39, 0.29) is 5.91 Å². The summed E-state index contributed by atoms with van der Waals surface area (Å²) in [7, 11) is 0. The van der Waals surface area contributed by atoms with Gasteiger partial charge in [0.25, 0.3) is 0 Å². The van der Waals surface area contributed by atoms with Crippen molar-refractivity contribution in [2.75, 3.05) is 49.9 Å². The number of nitrogens with zero attached hydrogens (tertiary/aromatic N) is 6. The number of aromatic nitrogens is 4. The summed E-state index contributed by atoms with van der Waals surface area (Å²) in [5, 5.41) is 11.4. The molecule has 2 aliphatic heterocycles. The number of likely N-dealkylation sites (tertiary alicyclic amines) is 2. The topological polar surface area (TPSA) is 91.2 Å². The first kappa shape index (κ1) is 23.0. The second-order valence-electron chi connectivity index (χ2n) is 9.15. The van der Waals surface area contributed by atoms with E-state index in [4.69, 9.17) is 5.10 Å². The van der Waals surface area contributed by atoms with Crippen molar-refractivity contribution in [3.63, 3.8) is 0 Å². The third-order valence-corrected chi connectivity index (χ3v) is 6.49. The van der Waals surface area contributed by atoms with Crippen LogP contribution in [0.15, 0.2) is 16.9 Å². The number of hydrogen-bond acceptors (Lipinski definition) is 7. The number of anilines is 3. The molecule has 174 valence electrons. The average molecular weight is 505 g/mol. The van der Waals surface area contributed by atoms with Gasteiger partial charge in [-0.25, -0.2) is 4.98 Å². The number of aryl methyl sites for hydroxylation is 1. The molecule has 0 aromatic carbocycles. The smallest absolute Gasteiger partial charge is 0.229 e. The molecule has 4 heterocycles. The Hall–Kier alpha value is -2.20. The lowest BCUT2D eigenvalue weighted by atomic mass is 10.1. The summed E-state index contributed by atoms with van der Waals surface area (Å²) in [4.78, 5) is 25.2. The largest absolute Gasteiger partial charge is 0.369 e. The molecule has 2 saturated heterocycles. The van der Waals surface area contributed by atoms with Crippen molar-refractivity contribution in [3.8, 4) is 0 Å². The van der Waals surface area contributed by atoms with Gasteiger partial charge in [0.1, 0.15) is 5.82 Å². The lowest BCUT2D eigenvalue weighted by Crippen LogP contribution is -2.49. The summed E-state index contributed by atoms with van der Waals surface area (Å²) >= 11 is 3.52. The monoisotopic (exact) mass is 504 g/mol. The summed E-state index contributed by atoms with van der Waals surface area (Å²) in [6, 6.07) is 0.425. The molecule has 2 fully saturated rings. The third-order valence-electron chi connectivity index (χ3n) is 5.91. The normalized spacial score (nSPS) is 17.3. The Morgan fingerprint density at radius 2 is 2.12 bits per heavy atom. The highest BCUT2D eigenvalue weighted by Crippen LogP contribution is 2.27. The van der Waals surface area contributed by atoms with Crippen LogP contribution in [0.3, 0.4) is 0 Å². The molecule has 0 atom stereocenters. The SMILES string of the molecule is Cc1nn(C2CN(CC(C)C)C2)cc1Nc1ncc(Br)c(NCCCN2CCCC2=O)n1. The first-order valence-electron chi connectivity index (χ1n) is 11.5. The van der Waals surface area contributed by atoms with Crippen LogP contribution < -0.4 is 10.6 Å². The Balaban J connectivity index is 1.31. The van der Waals surface area contributed by atoms with Crippen molar-refractivity contribution < 1.29 is 4.79 Å². The van der Waals surface area contributed by atoms with Crippen LogP contribution in [-0.2, 0) is 4.79 Å². The fourth-order valence-corrected chi connectivity index (χ4v) is 4.59. The van der Waals surface area contributed by atoms with E-state index in [9.17, 15) is 4.79 Å². The predicted octanol–water partition coefficient (Wildman–Crippen LogP) is 3.42. The maximum Gasteiger partial charge on any atom is 0.229 e. The summed E-state index contributed by atoms with van der Waals surface area (Å²) < 4.78 is 2.87. The summed E-state index contributed by atoms with van der Waals surface area (Å²) in [6.45, 7) is 12.1. The number of carbonyl (C=O) groups excluding carboxylic acids is 1. The number of carbonyl (C=O) groups is 1. The van der Waals surface area contributed by atoms with E-state index in [1.165, 1.54) is 0 Å². The Bertz CT molecular complexity index is 940. The van der Waals surface area contributed by atoms with Gasteiger partial charge in [-0.3, -0.25) is 14.4 Å². The van der Waals surface area contributed by atoms with Crippen LogP contribution >= 0.6 is 15.9 Å². The van der Waals surface area contributed by atoms with Crippen molar-refractivity contribution in [1.29, 1.82) is 0 Å². The van der Waals surface area contributed by atoms with Crippen LogP contribution in [0.1, 0.15) is 44.8 Å². The summed E-state index contributed by atoms with van der Waals surface area (Å²) in [5.74, 6) is 2.23. The van der Waals surface area contributed by atoms with Gasteiger partial charge in [-0.1, -0.05) is 13.8 Å². The van der Waals surface area contributed by atoms with E-state index < -0.39 is 0 Å². The van der Waals surface area contributed by atoms with E-state index in [1.54, 1.807) is 6.20 Å². The number of halogens is 1. The quantitative estimate of drug-likeness (QED) is 0.478. The third kappa shape index (κ3) is 5.58. The molecular weight excluding hydrogens is 472 g/mol. The molecule has 32 heavy (non-hydrogen) atoms. The molecule has 0 saturated carbocycles. The molecule has 1 amide bonds. The number of hydrogen-bond donors (Lipinski definition) is 2. The highest BCUT2D eigenvalue weighted by atomic mass is 79.9. The highest BCUT2D eigenvalue weighted by molar-refractivity contribution is 9.10. The van der Waals surface area contributed by atoms with Crippen LogP contribution in [0.5, 0.6) is 0 Å². The van der Waals surface area contributed by atoms with Gasteiger partial charge in [0, 0.05) is 58.1 Å². The van der Waals surface area contributed by atoms with Gasteiger partial charge >= 0.3 is 0 Å². The first-order valence-corrected chi connectivity index (χ1v) is 12.3. The van der Waals surface area contributed by atoms with Crippen molar-refractivity contribution in [2.24, 2.45) is 5.92 Å². The van der Waals surface area contributed by atoms with Crippen LogP contribution in [0, 0.1) is 12.8 Å². The molecule has 0 radical (unpaired) electrons. The Morgan fingerprint density at radius 1 is 1.31 bits per heavy atom. The zero-order valence-electron chi connectivity index (χ0n) is 19.1. The standard InChI is InChI=1S/C22H33BrN8O/c1-15(2)11-29-12-17(13-29)31-14-19(16(3)28-31)26-22-25-10-18(23)21(27-22)24-7-5-9-30-8-4-6-20(30)32/h10,14-15,17H,4-9,11-13H2,1-3H3,(H2,24,25,26,27). The van der Waals surface area contributed by atoms with E-state index in [0.29, 0.717) is 24.3 Å². The Morgan fingerprint density at radius 3 is 2.84 bits per heavy atom. The second kappa shape index (κ2) is 10.2. The fourth-order valence-electron chi connectivity index (χ4n) is 4.26. The van der Waals surface area contributed by atoms with Gasteiger partial charge in [0.05, 0.1) is 21.9 Å². The van der Waals surface area contributed by atoms with Crippen LogP contribution in [0.2, 0.25) is 0 Å². The van der Waals surface area contributed by atoms with Crippen LogP contribution in [0.4, 0.5) is 17.5 Å². The molecule has 2 aromatic heterocycles. The van der Waals surface area contributed by atoms with Gasteiger partial charge in [-0.05, 0) is 41.6 Å². The number of amides is 1. The van der Waals surface area contributed by atoms with Gasteiger partial charge in [0.15, 0.2) is 0 Å². The molecule has 9 nitrogen and oxygen atoms in total. The minimum atomic E-state index is 0.269. The van der Waals surface area contributed by atoms with E-state index in [2.05, 4.69) is 66.2 Å². The number of nitrogens with one attached hydrogen (secondary N) is 2. The van der Waals surface area contributed by atoms with Gasteiger partial charge in [0.2, 0.25) is 11.9 Å². The van der Waals surface area contributed by atoms with Crippen LogP contribution in [0.25, 0.3) is 0 Å². The maximum absolute atomic E-state index is 11.7. The predicted molar refractivity (Wildman–Crippen MR) is 129 cm³/mol. The Kier molecular flexibility index (Phi) is 7.30. The van der Waals surface area contributed by atoms with Gasteiger partial charge in [-0.15, -0.1) is 0 Å². The number of rotatable bonds is 10. The minimum Gasteiger partial charge on any atom is -0.369 e. The van der Waals surface area contributed by atoms with Gasteiger partial charge in [-0.2, -0.15) is 10.1 Å². The highest BCUT2D eigenvalue weighted by Gasteiger charge is 2.29.